The highest BCUT2D eigenvalue weighted by Crippen LogP contribution is 2.26. The Bertz CT molecular complexity index is 489. The number of carboxylic acids is 1. The van der Waals surface area contributed by atoms with E-state index in [4.69, 9.17) is 9.84 Å². The van der Waals surface area contributed by atoms with Gasteiger partial charge in [0.2, 0.25) is 5.88 Å². The van der Waals surface area contributed by atoms with Crippen LogP contribution in [0.4, 0.5) is 0 Å². The maximum absolute atomic E-state index is 12.1. The fraction of sp³-hybridized carbons (Fsp3) is 0.462. The van der Waals surface area contributed by atoms with Gasteiger partial charge in [0.05, 0.1) is 13.0 Å². The molecule has 1 aromatic rings. The molecule has 2 rings (SSSR count). The number of carboxylic acid groups (broad SMARTS) is 1. The van der Waals surface area contributed by atoms with Crippen LogP contribution in [-0.4, -0.2) is 35.1 Å². The van der Waals surface area contributed by atoms with Crippen molar-refractivity contribution in [3.05, 3.63) is 23.9 Å². The number of hydrogen-bond donors (Lipinski definition) is 2. The number of hydrogen-bond acceptors (Lipinski definition) is 4. The lowest BCUT2D eigenvalue weighted by Crippen LogP contribution is -2.33. The van der Waals surface area contributed by atoms with E-state index in [1.807, 2.05) is 0 Å². The van der Waals surface area contributed by atoms with Gasteiger partial charge in [-0.25, -0.2) is 4.98 Å². The topological polar surface area (TPSA) is 88.5 Å². The summed E-state index contributed by atoms with van der Waals surface area (Å²) in [5.41, 5.74) is 0.365. The summed E-state index contributed by atoms with van der Waals surface area (Å²) in [6.45, 7) is 0. The number of ether oxygens (including phenoxy) is 1. The van der Waals surface area contributed by atoms with Gasteiger partial charge in [0.1, 0.15) is 5.56 Å². The van der Waals surface area contributed by atoms with E-state index in [0.29, 0.717) is 24.8 Å². The van der Waals surface area contributed by atoms with Crippen LogP contribution in [0, 0.1) is 5.92 Å². The highest BCUT2D eigenvalue weighted by Gasteiger charge is 2.31. The number of rotatable bonds is 4. The molecule has 1 aromatic heterocycles. The average Bonchev–Trinajstić information content (AvgIpc) is 2.87. The molecule has 0 bridgehead atoms. The summed E-state index contributed by atoms with van der Waals surface area (Å²) < 4.78 is 5.02. The van der Waals surface area contributed by atoms with E-state index < -0.39 is 5.97 Å². The van der Waals surface area contributed by atoms with E-state index in [9.17, 15) is 9.59 Å². The zero-order valence-electron chi connectivity index (χ0n) is 10.6. The van der Waals surface area contributed by atoms with Crippen LogP contribution in [0.25, 0.3) is 0 Å². The Balaban J connectivity index is 2.00. The molecule has 0 spiro atoms. The van der Waals surface area contributed by atoms with E-state index in [1.54, 1.807) is 18.3 Å². The van der Waals surface area contributed by atoms with Gasteiger partial charge in [0.25, 0.3) is 5.91 Å². The van der Waals surface area contributed by atoms with Gasteiger partial charge in [0, 0.05) is 12.2 Å². The number of amides is 1. The van der Waals surface area contributed by atoms with Crippen LogP contribution in [0.15, 0.2) is 18.3 Å². The molecule has 1 aliphatic carbocycles. The van der Waals surface area contributed by atoms with Crippen LogP contribution in [0.1, 0.15) is 29.6 Å². The van der Waals surface area contributed by atoms with Crippen LogP contribution in [-0.2, 0) is 4.79 Å². The van der Waals surface area contributed by atoms with Crippen LogP contribution < -0.4 is 10.1 Å². The van der Waals surface area contributed by atoms with Crippen LogP contribution in [0.5, 0.6) is 5.88 Å². The molecular formula is C13H16N2O4. The highest BCUT2D eigenvalue weighted by molar-refractivity contribution is 5.96. The fourth-order valence-electron chi connectivity index (χ4n) is 2.33. The Morgan fingerprint density at radius 3 is 2.89 bits per heavy atom. The molecule has 0 saturated heterocycles. The summed E-state index contributed by atoms with van der Waals surface area (Å²) in [7, 11) is 1.45. The summed E-state index contributed by atoms with van der Waals surface area (Å²) in [5, 5.41) is 11.8. The molecule has 1 fully saturated rings. The number of aromatic nitrogens is 1. The molecular weight excluding hydrogens is 248 g/mol. The number of pyridine rings is 1. The number of nitrogens with one attached hydrogen (secondary N) is 1. The van der Waals surface area contributed by atoms with Gasteiger partial charge in [-0.1, -0.05) is 0 Å². The second-order valence-corrected chi connectivity index (χ2v) is 4.58. The summed E-state index contributed by atoms with van der Waals surface area (Å²) in [4.78, 5) is 26.9. The lowest BCUT2D eigenvalue weighted by atomic mass is 10.1. The molecule has 0 unspecified atom stereocenters. The number of nitrogens with zero attached hydrogens (tertiary/aromatic N) is 1. The van der Waals surface area contributed by atoms with Crippen LogP contribution >= 0.6 is 0 Å². The summed E-state index contributed by atoms with van der Waals surface area (Å²) in [6.07, 6.45) is 3.31. The van der Waals surface area contributed by atoms with Gasteiger partial charge >= 0.3 is 5.97 Å². The van der Waals surface area contributed by atoms with Crippen molar-refractivity contribution in [3.8, 4) is 5.88 Å². The maximum atomic E-state index is 12.1. The quantitative estimate of drug-likeness (QED) is 0.849. The van der Waals surface area contributed by atoms with Crippen molar-refractivity contribution in [2.24, 2.45) is 5.92 Å². The van der Waals surface area contributed by atoms with E-state index in [2.05, 4.69) is 10.3 Å². The second-order valence-electron chi connectivity index (χ2n) is 4.58. The Hall–Kier alpha value is -2.11. The Morgan fingerprint density at radius 2 is 2.26 bits per heavy atom. The molecule has 6 heteroatoms. The normalized spacial score (nSPS) is 21.9. The monoisotopic (exact) mass is 264 g/mol. The van der Waals surface area contributed by atoms with E-state index in [-0.39, 0.29) is 23.7 Å². The first-order valence-electron chi connectivity index (χ1n) is 6.14. The van der Waals surface area contributed by atoms with Crippen molar-refractivity contribution in [2.75, 3.05) is 7.11 Å². The minimum atomic E-state index is -0.796. The Morgan fingerprint density at radius 1 is 1.47 bits per heavy atom. The van der Waals surface area contributed by atoms with Crippen molar-refractivity contribution < 1.29 is 19.4 Å². The molecule has 6 nitrogen and oxygen atoms in total. The van der Waals surface area contributed by atoms with Gasteiger partial charge < -0.3 is 15.2 Å². The van der Waals surface area contributed by atoms with Crippen LogP contribution in [0.3, 0.4) is 0 Å². The largest absolute Gasteiger partial charge is 0.481 e. The summed E-state index contributed by atoms with van der Waals surface area (Å²) in [5.74, 6) is -1.16. The smallest absolute Gasteiger partial charge is 0.306 e. The highest BCUT2D eigenvalue weighted by atomic mass is 16.5. The first kappa shape index (κ1) is 13.3. The minimum absolute atomic E-state index is 0.0986. The van der Waals surface area contributed by atoms with Gasteiger partial charge in [-0.3, -0.25) is 9.59 Å². The first-order valence-corrected chi connectivity index (χ1v) is 6.14. The van der Waals surface area contributed by atoms with Crippen molar-refractivity contribution >= 4 is 11.9 Å². The standard InChI is InChI=1S/C13H16N2O4/c1-19-12-10(3-2-6-14-12)11(16)15-9-5-4-8(7-9)13(17)18/h2-3,6,8-9H,4-5,7H2,1H3,(H,15,16)(H,17,18)/t8-,9-/m0/s1. The fourth-order valence-corrected chi connectivity index (χ4v) is 2.33. The van der Waals surface area contributed by atoms with Crippen molar-refractivity contribution in [1.82, 2.24) is 10.3 Å². The van der Waals surface area contributed by atoms with Gasteiger partial charge in [-0.2, -0.15) is 0 Å². The molecule has 1 saturated carbocycles. The number of aliphatic carboxylic acids is 1. The maximum Gasteiger partial charge on any atom is 0.306 e. The predicted octanol–water partition coefficient (Wildman–Crippen LogP) is 1.07. The lowest BCUT2D eigenvalue weighted by Gasteiger charge is -2.13. The van der Waals surface area contributed by atoms with Crippen molar-refractivity contribution in [2.45, 2.75) is 25.3 Å². The molecule has 102 valence electrons. The molecule has 2 N–H and O–H groups in total. The van der Waals surface area contributed by atoms with E-state index in [1.165, 1.54) is 7.11 Å². The minimum Gasteiger partial charge on any atom is -0.481 e. The summed E-state index contributed by atoms with van der Waals surface area (Å²) >= 11 is 0. The molecule has 1 amide bonds. The average molecular weight is 264 g/mol. The number of carbonyl (C=O) groups excluding carboxylic acids is 1. The second kappa shape index (κ2) is 5.69. The van der Waals surface area contributed by atoms with E-state index in [0.717, 1.165) is 0 Å². The molecule has 0 radical (unpaired) electrons. The molecule has 19 heavy (non-hydrogen) atoms. The molecule has 2 atom stereocenters. The molecule has 1 aliphatic rings. The molecule has 1 heterocycles. The Labute approximate surface area is 110 Å². The molecule has 0 aliphatic heterocycles. The van der Waals surface area contributed by atoms with E-state index >= 15 is 0 Å². The zero-order valence-corrected chi connectivity index (χ0v) is 10.6. The Kier molecular flexibility index (Phi) is 3.99. The lowest BCUT2D eigenvalue weighted by molar-refractivity contribution is -0.141. The van der Waals surface area contributed by atoms with Gasteiger partial charge in [0.15, 0.2) is 0 Å². The number of carbonyl (C=O) groups is 2. The SMILES string of the molecule is COc1ncccc1C(=O)N[C@H]1CC[C@H](C(=O)O)C1. The number of methoxy groups -OCH3 is 1. The third-order valence-corrected chi connectivity index (χ3v) is 3.33. The predicted molar refractivity (Wildman–Crippen MR) is 67.0 cm³/mol. The first-order chi connectivity index (χ1) is 9.11. The van der Waals surface area contributed by atoms with Gasteiger partial charge in [-0.15, -0.1) is 0 Å². The summed E-state index contributed by atoms with van der Waals surface area (Å²) in [6, 6.07) is 3.19. The van der Waals surface area contributed by atoms with Crippen molar-refractivity contribution in [1.29, 1.82) is 0 Å². The molecule has 0 aromatic carbocycles. The van der Waals surface area contributed by atoms with Crippen molar-refractivity contribution in [3.63, 3.8) is 0 Å². The van der Waals surface area contributed by atoms with Crippen LogP contribution in [0.2, 0.25) is 0 Å². The third kappa shape index (κ3) is 3.01. The third-order valence-electron chi connectivity index (χ3n) is 3.33. The zero-order chi connectivity index (χ0) is 13.8. The van der Waals surface area contributed by atoms with Gasteiger partial charge in [-0.05, 0) is 31.4 Å².